The van der Waals surface area contributed by atoms with Crippen molar-refractivity contribution in [1.82, 2.24) is 5.32 Å². The van der Waals surface area contributed by atoms with E-state index in [0.29, 0.717) is 29.4 Å². The van der Waals surface area contributed by atoms with E-state index in [0.717, 1.165) is 5.56 Å². The van der Waals surface area contributed by atoms with Crippen LogP contribution in [0.15, 0.2) is 18.2 Å². The smallest absolute Gasteiger partial charge is 0.230 e. The number of halogens is 2. The van der Waals surface area contributed by atoms with Crippen molar-refractivity contribution >= 4 is 29.1 Å². The summed E-state index contributed by atoms with van der Waals surface area (Å²) >= 11 is 12.0. The standard InChI is InChI=1S/C15H22Cl2N2O/c1-4-15(5-2,14(20)19-10(3)9-18)11-6-7-12(16)13(17)8-11/h6-8,10H,4-5,9,18H2,1-3H3,(H,19,20)/t10-/m0/s1. The van der Waals surface area contributed by atoms with Crippen molar-refractivity contribution in [2.45, 2.75) is 45.1 Å². The molecule has 0 saturated carbocycles. The van der Waals surface area contributed by atoms with Gasteiger partial charge in [0.15, 0.2) is 0 Å². The number of benzene rings is 1. The van der Waals surface area contributed by atoms with Gasteiger partial charge in [0.25, 0.3) is 0 Å². The molecule has 0 heterocycles. The summed E-state index contributed by atoms with van der Waals surface area (Å²) in [5.41, 5.74) is 5.86. The van der Waals surface area contributed by atoms with Gasteiger partial charge in [0, 0.05) is 12.6 Å². The Hall–Kier alpha value is -0.770. The average Bonchev–Trinajstić information content (AvgIpc) is 2.44. The van der Waals surface area contributed by atoms with Gasteiger partial charge in [-0.1, -0.05) is 43.1 Å². The van der Waals surface area contributed by atoms with Crippen LogP contribution in [0, 0.1) is 0 Å². The molecule has 3 N–H and O–H groups in total. The van der Waals surface area contributed by atoms with Gasteiger partial charge in [-0.15, -0.1) is 0 Å². The molecule has 3 nitrogen and oxygen atoms in total. The van der Waals surface area contributed by atoms with Crippen molar-refractivity contribution in [3.63, 3.8) is 0 Å². The van der Waals surface area contributed by atoms with Crippen LogP contribution in [0.1, 0.15) is 39.2 Å². The average molecular weight is 317 g/mol. The van der Waals surface area contributed by atoms with Crippen molar-refractivity contribution in [3.05, 3.63) is 33.8 Å². The Kier molecular flexibility index (Phi) is 6.31. The molecule has 0 unspecified atom stereocenters. The van der Waals surface area contributed by atoms with Crippen LogP contribution in [0.3, 0.4) is 0 Å². The highest BCUT2D eigenvalue weighted by molar-refractivity contribution is 6.42. The molecule has 0 radical (unpaired) electrons. The number of carbonyl (C=O) groups excluding carboxylic acids is 1. The fourth-order valence-corrected chi connectivity index (χ4v) is 2.62. The second-order valence-electron chi connectivity index (χ2n) is 5.03. The molecule has 1 atom stereocenters. The molecule has 0 aliphatic rings. The van der Waals surface area contributed by atoms with Crippen LogP contribution >= 0.6 is 23.2 Å². The highest BCUT2D eigenvalue weighted by atomic mass is 35.5. The third-order valence-electron chi connectivity index (χ3n) is 3.84. The zero-order valence-electron chi connectivity index (χ0n) is 12.2. The largest absolute Gasteiger partial charge is 0.352 e. The molecule has 1 aromatic carbocycles. The molecule has 1 aromatic rings. The van der Waals surface area contributed by atoms with Crippen LogP contribution < -0.4 is 11.1 Å². The van der Waals surface area contributed by atoms with Gasteiger partial charge >= 0.3 is 0 Å². The van der Waals surface area contributed by atoms with Crippen LogP contribution in [-0.4, -0.2) is 18.5 Å². The van der Waals surface area contributed by atoms with E-state index in [2.05, 4.69) is 5.32 Å². The van der Waals surface area contributed by atoms with Gasteiger partial charge in [-0.2, -0.15) is 0 Å². The van der Waals surface area contributed by atoms with Crippen LogP contribution in [0.2, 0.25) is 10.0 Å². The molecule has 0 aromatic heterocycles. The minimum absolute atomic E-state index is 0.0150. The van der Waals surface area contributed by atoms with E-state index in [1.165, 1.54) is 0 Å². The van der Waals surface area contributed by atoms with E-state index >= 15 is 0 Å². The first-order valence-electron chi connectivity index (χ1n) is 6.87. The Morgan fingerprint density at radius 2 is 1.90 bits per heavy atom. The van der Waals surface area contributed by atoms with E-state index in [9.17, 15) is 4.79 Å². The second kappa shape index (κ2) is 7.30. The van der Waals surface area contributed by atoms with Crippen molar-refractivity contribution in [1.29, 1.82) is 0 Å². The predicted octanol–water partition coefficient (Wildman–Crippen LogP) is 3.51. The van der Waals surface area contributed by atoms with Crippen LogP contribution in [0.25, 0.3) is 0 Å². The minimum atomic E-state index is -0.600. The fraction of sp³-hybridized carbons (Fsp3) is 0.533. The summed E-state index contributed by atoms with van der Waals surface area (Å²) in [6.45, 7) is 6.30. The molecule has 5 heteroatoms. The van der Waals surface area contributed by atoms with Gasteiger partial charge in [-0.05, 0) is 37.5 Å². The molecule has 0 aliphatic heterocycles. The second-order valence-corrected chi connectivity index (χ2v) is 5.84. The molecule has 1 amide bonds. The van der Waals surface area contributed by atoms with Gasteiger partial charge in [-0.3, -0.25) is 4.79 Å². The Labute approximate surface area is 130 Å². The maximum atomic E-state index is 12.7. The SMILES string of the molecule is CCC(CC)(C(=O)N[C@@H](C)CN)c1ccc(Cl)c(Cl)c1. The monoisotopic (exact) mass is 316 g/mol. The van der Waals surface area contributed by atoms with E-state index in [1.807, 2.05) is 26.8 Å². The number of hydrogen-bond acceptors (Lipinski definition) is 2. The van der Waals surface area contributed by atoms with E-state index in [4.69, 9.17) is 28.9 Å². The van der Waals surface area contributed by atoms with Gasteiger partial charge < -0.3 is 11.1 Å². The van der Waals surface area contributed by atoms with Crippen molar-refractivity contribution in [2.75, 3.05) is 6.54 Å². The third kappa shape index (κ3) is 3.46. The van der Waals surface area contributed by atoms with Crippen molar-refractivity contribution in [2.24, 2.45) is 5.73 Å². The van der Waals surface area contributed by atoms with Crippen molar-refractivity contribution in [3.8, 4) is 0 Å². The van der Waals surface area contributed by atoms with Gasteiger partial charge in [0.05, 0.1) is 15.5 Å². The Balaban J connectivity index is 3.19. The molecule has 0 spiro atoms. The molecule has 112 valence electrons. The first kappa shape index (κ1) is 17.3. The minimum Gasteiger partial charge on any atom is -0.352 e. The van der Waals surface area contributed by atoms with E-state index in [-0.39, 0.29) is 11.9 Å². The Morgan fingerprint density at radius 1 is 1.30 bits per heavy atom. The summed E-state index contributed by atoms with van der Waals surface area (Å²) in [6.07, 6.45) is 1.37. The van der Waals surface area contributed by atoms with E-state index in [1.54, 1.807) is 12.1 Å². The van der Waals surface area contributed by atoms with Gasteiger partial charge in [0.2, 0.25) is 5.91 Å². The zero-order valence-corrected chi connectivity index (χ0v) is 13.7. The van der Waals surface area contributed by atoms with Gasteiger partial charge in [0.1, 0.15) is 0 Å². The topological polar surface area (TPSA) is 55.1 Å². The van der Waals surface area contributed by atoms with Crippen LogP contribution in [-0.2, 0) is 10.2 Å². The number of rotatable bonds is 6. The normalized spacial score (nSPS) is 13.1. The lowest BCUT2D eigenvalue weighted by molar-refractivity contribution is -0.127. The lowest BCUT2D eigenvalue weighted by Gasteiger charge is -2.32. The summed E-state index contributed by atoms with van der Waals surface area (Å²) in [5.74, 6) is -0.0150. The van der Waals surface area contributed by atoms with Crippen molar-refractivity contribution < 1.29 is 4.79 Å². The summed E-state index contributed by atoms with van der Waals surface area (Å²) in [4.78, 5) is 12.7. The maximum absolute atomic E-state index is 12.7. The molecule has 1 rings (SSSR count). The summed E-state index contributed by atoms with van der Waals surface area (Å²) in [6, 6.07) is 5.33. The summed E-state index contributed by atoms with van der Waals surface area (Å²) in [7, 11) is 0. The first-order valence-corrected chi connectivity index (χ1v) is 7.63. The highest BCUT2D eigenvalue weighted by Crippen LogP contribution is 2.35. The van der Waals surface area contributed by atoms with Crippen LogP contribution in [0.5, 0.6) is 0 Å². The molecule has 0 aliphatic carbocycles. The Bertz CT molecular complexity index is 473. The molecule has 0 fully saturated rings. The predicted molar refractivity (Wildman–Crippen MR) is 85.4 cm³/mol. The zero-order chi connectivity index (χ0) is 15.3. The van der Waals surface area contributed by atoms with Crippen LogP contribution in [0.4, 0.5) is 0 Å². The first-order chi connectivity index (χ1) is 9.41. The number of hydrogen-bond donors (Lipinski definition) is 2. The maximum Gasteiger partial charge on any atom is 0.230 e. The number of nitrogens with one attached hydrogen (secondary N) is 1. The fourth-order valence-electron chi connectivity index (χ4n) is 2.33. The number of carbonyl (C=O) groups is 1. The molecule has 20 heavy (non-hydrogen) atoms. The lowest BCUT2D eigenvalue weighted by Crippen LogP contribution is -2.49. The third-order valence-corrected chi connectivity index (χ3v) is 4.58. The summed E-state index contributed by atoms with van der Waals surface area (Å²) in [5, 5.41) is 3.93. The quantitative estimate of drug-likeness (QED) is 0.843. The molecule has 0 bridgehead atoms. The molecular formula is C15H22Cl2N2O. The Morgan fingerprint density at radius 3 is 2.35 bits per heavy atom. The van der Waals surface area contributed by atoms with Gasteiger partial charge in [-0.25, -0.2) is 0 Å². The molecular weight excluding hydrogens is 295 g/mol. The lowest BCUT2D eigenvalue weighted by atomic mass is 9.75. The number of nitrogens with two attached hydrogens (primary N) is 1. The highest BCUT2D eigenvalue weighted by Gasteiger charge is 2.37. The van der Waals surface area contributed by atoms with E-state index < -0.39 is 5.41 Å². The molecule has 0 saturated heterocycles. The summed E-state index contributed by atoms with van der Waals surface area (Å²) < 4.78 is 0. The number of amides is 1.